The molecule has 29 heteroatoms. The zero-order chi connectivity index (χ0) is 57.1. The van der Waals surface area contributed by atoms with Crippen LogP contribution in [0.4, 0.5) is 0 Å². The molecule has 0 aliphatic carbocycles. The summed E-state index contributed by atoms with van der Waals surface area (Å²) in [6, 6.07) is 0.0173. The first kappa shape index (κ1) is 74.3. The molecule has 0 aliphatic rings. The highest BCUT2D eigenvalue weighted by Gasteiger charge is 2.46. The van der Waals surface area contributed by atoms with Crippen LogP contribution in [-0.2, 0) is 43.6 Å². The van der Waals surface area contributed by atoms with E-state index in [4.69, 9.17) is 13.3 Å². The number of nitrogens with zero attached hydrogens (tertiary/aromatic N) is 1. The van der Waals surface area contributed by atoms with E-state index in [0.717, 1.165) is 32.2 Å². The highest BCUT2D eigenvalue weighted by molar-refractivity contribution is 7.86. The SMILES string of the molecule is CCCCCCCCCCCCCCCCCC[N+](C)(C)CCC[Si](OCCC(CO)(CO)NCC(O)CS(=O)(=O)O)(OCCC(CO)(CO)NCC(O)CS(=O)(=O)O)OCC(CO)(CO)NCC(O)CS(=O)(=O)O. The van der Waals surface area contributed by atoms with Gasteiger partial charge in [-0.3, -0.25) is 13.7 Å². The third-order valence-electron chi connectivity index (χ3n) is 13.4. The molecule has 0 aromatic carbocycles. The first-order valence-electron chi connectivity index (χ1n) is 26.6. The van der Waals surface area contributed by atoms with E-state index in [2.05, 4.69) is 37.0 Å². The number of quaternary nitrogens is 1. The number of aliphatic hydroxyl groups excluding tert-OH is 9. The maximum atomic E-state index is 11.5. The fraction of sp³-hybridized carbons (Fsp3) is 1.00. The van der Waals surface area contributed by atoms with Gasteiger partial charge in [0, 0.05) is 45.3 Å². The van der Waals surface area contributed by atoms with Crippen LogP contribution in [0.1, 0.15) is 129 Å². The number of hydrogen-bond donors (Lipinski definition) is 15. The van der Waals surface area contributed by atoms with Gasteiger partial charge in [-0.1, -0.05) is 96.8 Å². The van der Waals surface area contributed by atoms with Gasteiger partial charge in [-0.15, -0.1) is 0 Å². The molecule has 0 spiro atoms. The molecule has 0 saturated heterocycles. The molecule has 0 aromatic rings. The second-order valence-electron chi connectivity index (χ2n) is 21.1. The van der Waals surface area contributed by atoms with Gasteiger partial charge in [-0.2, -0.15) is 25.3 Å². The van der Waals surface area contributed by atoms with Gasteiger partial charge >= 0.3 is 8.80 Å². The molecule has 0 aromatic heterocycles. The molecule has 0 radical (unpaired) electrons. The van der Waals surface area contributed by atoms with Crippen molar-refractivity contribution >= 4 is 39.2 Å². The number of β-amino-alcohol motifs (C(OH)–C–C–N with tert-alkyl or cyclic N) is 3. The molecule has 3 atom stereocenters. The van der Waals surface area contributed by atoms with Crippen LogP contribution >= 0.6 is 0 Å². The van der Waals surface area contributed by atoms with E-state index in [1.54, 1.807) is 0 Å². The topological polar surface area (TPSA) is 409 Å². The van der Waals surface area contributed by atoms with E-state index in [9.17, 15) is 84.9 Å². The molecule has 0 bridgehead atoms. The van der Waals surface area contributed by atoms with E-state index in [1.807, 2.05) is 0 Å². The highest BCUT2D eigenvalue weighted by Crippen LogP contribution is 2.26. The summed E-state index contributed by atoms with van der Waals surface area (Å²) >= 11 is 0. The molecule has 15 N–H and O–H groups in total. The van der Waals surface area contributed by atoms with Crippen molar-refractivity contribution in [1.82, 2.24) is 16.0 Å². The summed E-state index contributed by atoms with van der Waals surface area (Å²) in [5, 5.41) is 102. The summed E-state index contributed by atoms with van der Waals surface area (Å²) in [5.74, 6) is -3.18. The molecule has 0 heterocycles. The van der Waals surface area contributed by atoms with E-state index < -0.39 is 157 Å². The van der Waals surface area contributed by atoms with E-state index in [1.165, 1.54) is 77.0 Å². The zero-order valence-electron chi connectivity index (χ0n) is 45.1. The second-order valence-corrected chi connectivity index (χ2v) is 28.3. The Kier molecular flexibility index (Phi) is 38.5. The summed E-state index contributed by atoms with van der Waals surface area (Å²) < 4.78 is 116. The predicted molar refractivity (Wildman–Crippen MR) is 286 cm³/mol. The fourth-order valence-electron chi connectivity index (χ4n) is 8.35. The molecule has 0 rings (SSSR count). The molecule has 0 fully saturated rings. The first-order valence-corrected chi connectivity index (χ1v) is 33.4. The van der Waals surface area contributed by atoms with Crippen molar-refractivity contribution in [2.75, 3.05) is 124 Å². The minimum Gasteiger partial charge on any atom is -0.394 e. The second kappa shape index (κ2) is 38.9. The van der Waals surface area contributed by atoms with Crippen LogP contribution in [0.25, 0.3) is 0 Å². The van der Waals surface area contributed by atoms with E-state index in [0.29, 0.717) is 17.4 Å². The molecule has 75 heavy (non-hydrogen) atoms. The number of rotatable bonds is 53. The maximum absolute atomic E-state index is 11.5. The van der Waals surface area contributed by atoms with Gasteiger partial charge in [0.05, 0.1) is 108 Å². The van der Waals surface area contributed by atoms with Gasteiger partial charge in [-0.05, 0) is 25.7 Å². The predicted octanol–water partition coefficient (Wildman–Crippen LogP) is -0.832. The Morgan fingerprint density at radius 1 is 0.453 bits per heavy atom. The number of nitrogens with one attached hydrogen (secondary N) is 3. The average molecular weight is 1170 g/mol. The van der Waals surface area contributed by atoms with Gasteiger partial charge in [-0.25, -0.2) is 0 Å². The minimum atomic E-state index is -4.64. The van der Waals surface area contributed by atoms with Crippen molar-refractivity contribution in [2.24, 2.45) is 0 Å². The normalized spacial score (nSPS) is 15.6. The van der Waals surface area contributed by atoms with Crippen molar-refractivity contribution in [1.29, 1.82) is 0 Å². The smallest absolute Gasteiger partial charge is 0.394 e. The average Bonchev–Trinajstić information content (AvgIpc) is 3.32. The minimum absolute atomic E-state index is 0.0173. The molecule has 0 amide bonds. The maximum Gasteiger partial charge on any atom is 0.501 e. The Bertz CT molecular complexity index is 1720. The lowest BCUT2D eigenvalue weighted by molar-refractivity contribution is -0.890. The Morgan fingerprint density at radius 2 is 0.747 bits per heavy atom. The van der Waals surface area contributed by atoms with Crippen LogP contribution in [0.15, 0.2) is 0 Å². The fourth-order valence-corrected chi connectivity index (χ4v) is 12.8. The molecule has 452 valence electrons. The van der Waals surface area contributed by atoms with E-state index >= 15 is 0 Å². The lowest BCUT2D eigenvalue weighted by atomic mass is 9.97. The number of hydrogen-bond acceptors (Lipinski definition) is 21. The molecule has 0 saturated carbocycles. The lowest BCUT2D eigenvalue weighted by Crippen LogP contribution is -2.61. The lowest BCUT2D eigenvalue weighted by Gasteiger charge is -2.39. The summed E-state index contributed by atoms with van der Waals surface area (Å²) in [6.07, 6.45) is 14.6. The number of aliphatic hydroxyl groups is 9. The molecule has 0 aliphatic heterocycles. The van der Waals surface area contributed by atoms with Crippen LogP contribution in [0.3, 0.4) is 0 Å². The Hall–Kier alpha value is -0.693. The van der Waals surface area contributed by atoms with Crippen molar-refractivity contribution < 1.29 is 103 Å². The van der Waals surface area contributed by atoms with Gasteiger partial charge in [0.2, 0.25) is 0 Å². The monoisotopic (exact) mass is 1170 g/mol. The molecule has 3 unspecified atom stereocenters. The zero-order valence-corrected chi connectivity index (χ0v) is 48.6. The summed E-state index contributed by atoms with van der Waals surface area (Å²) in [7, 11) is -14.0. The summed E-state index contributed by atoms with van der Waals surface area (Å²) in [4.78, 5) is 0. The quantitative estimate of drug-likeness (QED) is 0.0153. The van der Waals surface area contributed by atoms with Crippen molar-refractivity contribution in [3.05, 3.63) is 0 Å². The standard InChI is InChI=1S/C46H100N4O21S3Si/c1-4-5-6-7-8-9-10-11-12-13-14-15-16-17-18-19-23-50(2,3)24-20-27-75(71-40-46(38-55,39-56)49-30-43(59)33-74(66,67)68,69-25-21-44(34-51,35-52)47-28-41(57)31-72(60,61)62)70-26-22-45(36-53,37-54)48-29-42(58)32-73(63,64)65/h41-43,47-49,51-59H,4-40H2,1-3H3,(H2-,60,61,62,63,64,65,66,67,68)/p+1. The Morgan fingerprint density at radius 3 is 1.05 bits per heavy atom. The van der Waals surface area contributed by atoms with Gasteiger partial charge < -0.3 is 79.7 Å². The molecular formula is C46H101N4O21S3Si+. The van der Waals surface area contributed by atoms with Crippen molar-refractivity contribution in [2.45, 2.75) is 170 Å². The number of unbranched alkanes of at least 4 members (excludes halogenated alkanes) is 15. The highest BCUT2D eigenvalue weighted by atomic mass is 32.2. The van der Waals surface area contributed by atoms with Gasteiger partial charge in [0.25, 0.3) is 30.4 Å². The molecular weight excluding hydrogens is 1070 g/mol. The third kappa shape index (κ3) is 37.0. The Labute approximate surface area is 449 Å². The van der Waals surface area contributed by atoms with Crippen molar-refractivity contribution in [3.63, 3.8) is 0 Å². The first-order chi connectivity index (χ1) is 35.1. The van der Waals surface area contributed by atoms with Crippen LogP contribution < -0.4 is 16.0 Å². The summed E-state index contributed by atoms with van der Waals surface area (Å²) in [6.45, 7) is -4.21. The van der Waals surface area contributed by atoms with E-state index in [-0.39, 0.29) is 32.1 Å². The van der Waals surface area contributed by atoms with Crippen molar-refractivity contribution in [3.8, 4) is 0 Å². The third-order valence-corrected chi connectivity index (χ3v) is 18.7. The summed E-state index contributed by atoms with van der Waals surface area (Å²) in [5.41, 5.74) is -5.08. The van der Waals surface area contributed by atoms with Crippen LogP contribution in [0.5, 0.6) is 0 Å². The van der Waals surface area contributed by atoms with Crippen LogP contribution in [0.2, 0.25) is 6.04 Å². The van der Waals surface area contributed by atoms with Gasteiger partial charge in [0.1, 0.15) is 17.3 Å². The largest absolute Gasteiger partial charge is 0.501 e. The Balaban J connectivity index is 6.53. The van der Waals surface area contributed by atoms with Crippen LogP contribution in [0, 0.1) is 0 Å². The van der Waals surface area contributed by atoms with Gasteiger partial charge in [0.15, 0.2) is 0 Å². The molecule has 25 nitrogen and oxygen atoms in total. The van der Waals surface area contributed by atoms with Crippen LogP contribution in [-0.4, -0.2) is 257 Å².